The fourth-order valence-corrected chi connectivity index (χ4v) is 4.06. The molecular weight excluding hydrogens is 436 g/mol. The van der Waals surface area contributed by atoms with E-state index < -0.39 is 5.97 Å². The Balaban J connectivity index is 1.44. The summed E-state index contributed by atoms with van der Waals surface area (Å²) in [6.07, 6.45) is 5.49. The van der Waals surface area contributed by atoms with Crippen LogP contribution < -0.4 is 14.8 Å². The van der Waals surface area contributed by atoms with Gasteiger partial charge in [0, 0.05) is 24.3 Å². The zero-order chi connectivity index (χ0) is 24.3. The lowest BCUT2D eigenvalue weighted by molar-refractivity contribution is -0.137. The van der Waals surface area contributed by atoms with E-state index in [1.807, 2.05) is 11.8 Å². The second kappa shape index (κ2) is 12.6. The van der Waals surface area contributed by atoms with E-state index in [2.05, 4.69) is 5.32 Å². The number of methoxy groups -OCH3 is 1. The van der Waals surface area contributed by atoms with Crippen molar-refractivity contribution in [2.24, 2.45) is 0 Å². The van der Waals surface area contributed by atoms with Crippen LogP contribution in [-0.4, -0.2) is 55.6 Å². The van der Waals surface area contributed by atoms with Crippen molar-refractivity contribution >= 4 is 23.5 Å². The van der Waals surface area contributed by atoms with E-state index in [9.17, 15) is 14.4 Å². The van der Waals surface area contributed by atoms with Gasteiger partial charge in [-0.05, 0) is 56.2 Å². The maximum absolute atomic E-state index is 12.6. The number of nitrogens with zero attached hydrogens (tertiary/aromatic N) is 1. The molecule has 3 rings (SSSR count). The average Bonchev–Trinajstić information content (AvgIpc) is 2.87. The number of ether oxygens (including phenoxy) is 3. The number of rotatable bonds is 10. The number of nitrogens with one attached hydrogen (secondary N) is 1. The molecular formula is C26H32N2O6. The number of esters is 1. The molecule has 0 aliphatic heterocycles. The van der Waals surface area contributed by atoms with Gasteiger partial charge in [-0.3, -0.25) is 9.59 Å². The smallest absolute Gasteiger partial charge is 0.338 e. The molecule has 2 aromatic carbocycles. The zero-order valence-corrected chi connectivity index (χ0v) is 19.7. The van der Waals surface area contributed by atoms with Gasteiger partial charge < -0.3 is 24.4 Å². The lowest BCUT2D eigenvalue weighted by Crippen LogP contribution is -2.43. The summed E-state index contributed by atoms with van der Waals surface area (Å²) in [5, 5.41) is 2.73. The van der Waals surface area contributed by atoms with Crippen molar-refractivity contribution in [1.29, 1.82) is 0 Å². The van der Waals surface area contributed by atoms with Crippen molar-refractivity contribution in [2.75, 3.05) is 32.2 Å². The Labute approximate surface area is 200 Å². The molecule has 0 heterocycles. The predicted octanol–water partition coefficient (Wildman–Crippen LogP) is 4.05. The Morgan fingerprint density at radius 1 is 0.971 bits per heavy atom. The van der Waals surface area contributed by atoms with Crippen LogP contribution in [0.1, 0.15) is 49.4 Å². The van der Waals surface area contributed by atoms with Crippen molar-refractivity contribution in [3.05, 3.63) is 54.1 Å². The fraction of sp³-hybridized carbons (Fsp3) is 0.423. The minimum Gasteiger partial charge on any atom is -0.497 e. The highest BCUT2D eigenvalue weighted by Gasteiger charge is 2.25. The van der Waals surface area contributed by atoms with E-state index in [1.165, 1.54) is 6.42 Å². The minimum absolute atomic E-state index is 0.162. The van der Waals surface area contributed by atoms with Gasteiger partial charge in [-0.1, -0.05) is 25.3 Å². The molecule has 0 unspecified atom stereocenters. The lowest BCUT2D eigenvalue weighted by Gasteiger charge is -2.33. The van der Waals surface area contributed by atoms with E-state index in [-0.39, 0.29) is 31.1 Å². The first-order valence-corrected chi connectivity index (χ1v) is 11.6. The number of carbonyl (C=O) groups is 3. The standard InChI is InChI=1S/C26H32N2O6/c1-3-28(21-9-5-4-6-10-21)25(30)18-34-26(31)19-12-14-22(15-13-19)33-17-24(29)27-20-8-7-11-23(16-20)32-2/h7-8,11-16,21H,3-6,9-10,17-18H2,1-2H3,(H,27,29). The van der Waals surface area contributed by atoms with Crippen LogP contribution in [0.2, 0.25) is 0 Å². The predicted molar refractivity (Wildman–Crippen MR) is 128 cm³/mol. The molecule has 0 atom stereocenters. The second-order valence-corrected chi connectivity index (χ2v) is 8.14. The van der Waals surface area contributed by atoms with Crippen molar-refractivity contribution in [2.45, 2.75) is 45.1 Å². The first-order valence-electron chi connectivity index (χ1n) is 11.6. The molecule has 0 bridgehead atoms. The Hall–Kier alpha value is -3.55. The molecule has 1 aliphatic carbocycles. The highest BCUT2D eigenvalue weighted by Crippen LogP contribution is 2.23. The number of amides is 2. The first-order chi connectivity index (χ1) is 16.5. The van der Waals surface area contributed by atoms with Gasteiger partial charge in [-0.2, -0.15) is 0 Å². The SMILES string of the molecule is CCN(C(=O)COC(=O)c1ccc(OCC(=O)Nc2cccc(OC)c2)cc1)C1CCCCC1. The van der Waals surface area contributed by atoms with Gasteiger partial charge in [0.25, 0.3) is 11.8 Å². The minimum atomic E-state index is -0.574. The number of likely N-dealkylation sites (N-methyl/N-ethyl adjacent to an activating group) is 1. The summed E-state index contributed by atoms with van der Waals surface area (Å²) in [4.78, 5) is 38.9. The molecule has 1 saturated carbocycles. The normalized spacial score (nSPS) is 13.6. The third kappa shape index (κ3) is 7.23. The quantitative estimate of drug-likeness (QED) is 0.529. The molecule has 8 nitrogen and oxygen atoms in total. The van der Waals surface area contributed by atoms with Crippen LogP contribution in [-0.2, 0) is 14.3 Å². The third-order valence-electron chi connectivity index (χ3n) is 5.82. The lowest BCUT2D eigenvalue weighted by atomic mass is 9.94. The second-order valence-electron chi connectivity index (χ2n) is 8.14. The summed E-state index contributed by atoms with van der Waals surface area (Å²) in [6, 6.07) is 13.5. The summed E-state index contributed by atoms with van der Waals surface area (Å²) in [5.41, 5.74) is 0.910. The van der Waals surface area contributed by atoms with E-state index in [0.717, 1.165) is 25.7 Å². The fourth-order valence-electron chi connectivity index (χ4n) is 4.06. The molecule has 8 heteroatoms. The summed E-state index contributed by atoms with van der Waals surface area (Å²) in [5.74, 6) is 0.0102. The summed E-state index contributed by atoms with van der Waals surface area (Å²) in [7, 11) is 1.55. The Bertz CT molecular complexity index is 970. The maximum atomic E-state index is 12.6. The summed E-state index contributed by atoms with van der Waals surface area (Å²) >= 11 is 0. The number of carbonyl (C=O) groups excluding carboxylic acids is 3. The third-order valence-corrected chi connectivity index (χ3v) is 5.82. The Morgan fingerprint density at radius 3 is 2.38 bits per heavy atom. The molecule has 0 aromatic heterocycles. The van der Waals surface area contributed by atoms with E-state index in [4.69, 9.17) is 14.2 Å². The van der Waals surface area contributed by atoms with Gasteiger partial charge in [-0.15, -0.1) is 0 Å². The van der Waals surface area contributed by atoms with Crippen LogP contribution in [0.3, 0.4) is 0 Å². The number of benzene rings is 2. The summed E-state index contributed by atoms with van der Waals surface area (Å²) in [6.45, 7) is 2.10. The van der Waals surface area contributed by atoms with Crippen LogP contribution in [0.15, 0.2) is 48.5 Å². The molecule has 34 heavy (non-hydrogen) atoms. The highest BCUT2D eigenvalue weighted by molar-refractivity contribution is 5.92. The molecule has 1 aliphatic rings. The van der Waals surface area contributed by atoms with Gasteiger partial charge in [0.1, 0.15) is 11.5 Å². The Morgan fingerprint density at radius 2 is 1.71 bits per heavy atom. The van der Waals surface area contributed by atoms with E-state index in [0.29, 0.717) is 29.3 Å². The highest BCUT2D eigenvalue weighted by atomic mass is 16.5. The topological polar surface area (TPSA) is 94.2 Å². The van der Waals surface area contributed by atoms with Crippen molar-refractivity contribution in [1.82, 2.24) is 4.90 Å². The van der Waals surface area contributed by atoms with Crippen molar-refractivity contribution < 1.29 is 28.6 Å². The van der Waals surface area contributed by atoms with Gasteiger partial charge >= 0.3 is 5.97 Å². The average molecular weight is 469 g/mol. The first kappa shape index (κ1) is 25.1. The molecule has 1 fully saturated rings. The molecule has 1 N–H and O–H groups in total. The number of hydrogen-bond donors (Lipinski definition) is 1. The largest absolute Gasteiger partial charge is 0.497 e. The molecule has 0 saturated heterocycles. The molecule has 182 valence electrons. The zero-order valence-electron chi connectivity index (χ0n) is 19.7. The van der Waals surface area contributed by atoms with Crippen LogP contribution in [0, 0.1) is 0 Å². The number of anilines is 1. The summed E-state index contributed by atoms with van der Waals surface area (Å²) < 4.78 is 15.9. The van der Waals surface area contributed by atoms with Gasteiger partial charge in [0.2, 0.25) is 0 Å². The van der Waals surface area contributed by atoms with Crippen molar-refractivity contribution in [3.63, 3.8) is 0 Å². The Kier molecular flexibility index (Phi) is 9.31. The monoisotopic (exact) mass is 468 g/mol. The van der Waals surface area contributed by atoms with Crippen molar-refractivity contribution in [3.8, 4) is 11.5 Å². The molecule has 2 aromatic rings. The van der Waals surface area contributed by atoms with Gasteiger partial charge in [0.05, 0.1) is 12.7 Å². The maximum Gasteiger partial charge on any atom is 0.338 e. The number of hydrogen-bond acceptors (Lipinski definition) is 6. The van der Waals surface area contributed by atoms with Crippen LogP contribution in [0.25, 0.3) is 0 Å². The molecule has 0 spiro atoms. The van der Waals surface area contributed by atoms with E-state index >= 15 is 0 Å². The van der Waals surface area contributed by atoms with Crippen LogP contribution in [0.5, 0.6) is 11.5 Å². The van der Waals surface area contributed by atoms with Crippen LogP contribution in [0.4, 0.5) is 5.69 Å². The van der Waals surface area contributed by atoms with Gasteiger partial charge in [0.15, 0.2) is 13.2 Å². The van der Waals surface area contributed by atoms with Gasteiger partial charge in [-0.25, -0.2) is 4.79 Å². The molecule has 0 radical (unpaired) electrons. The van der Waals surface area contributed by atoms with E-state index in [1.54, 1.807) is 55.6 Å². The van der Waals surface area contributed by atoms with Crippen LogP contribution >= 0.6 is 0 Å². The molecule has 2 amide bonds.